The Bertz CT molecular complexity index is 1660. The molecule has 0 amide bonds. The third-order valence-electron chi connectivity index (χ3n) is 12.3. The summed E-state index contributed by atoms with van der Waals surface area (Å²) < 4.78 is 58.7. The van der Waals surface area contributed by atoms with Crippen LogP contribution in [0.4, 0.5) is 5.69 Å². The Morgan fingerprint density at radius 3 is 2.34 bits per heavy atom. The number of carbonyl (C=O) groups is 1. The lowest BCUT2D eigenvalue weighted by atomic mass is 9.54. The van der Waals surface area contributed by atoms with Crippen LogP contribution in [0.5, 0.6) is 5.75 Å². The average molecular weight is 673 g/mol. The monoisotopic (exact) mass is 672 g/mol. The second-order valence-corrected chi connectivity index (χ2v) is 15.7. The van der Waals surface area contributed by atoms with E-state index in [1.807, 2.05) is 6.92 Å². The number of esters is 1. The van der Waals surface area contributed by atoms with E-state index in [9.17, 15) is 23.4 Å². The predicted octanol–water partition coefficient (Wildman–Crippen LogP) is 2.48. The van der Waals surface area contributed by atoms with Gasteiger partial charge < -0.3 is 39.2 Å². The van der Waals surface area contributed by atoms with E-state index in [-0.39, 0.29) is 46.6 Å². The van der Waals surface area contributed by atoms with Crippen LogP contribution in [0.25, 0.3) is 0 Å². The van der Waals surface area contributed by atoms with Crippen molar-refractivity contribution in [3.63, 3.8) is 0 Å². The average Bonchev–Trinajstić information content (AvgIpc) is 3.59. The first-order valence-electron chi connectivity index (χ1n) is 16.1. The molecule has 11 atom stereocenters. The van der Waals surface area contributed by atoms with E-state index < -0.39 is 56.4 Å². The molecule has 7 rings (SSSR count). The van der Waals surface area contributed by atoms with Gasteiger partial charge in [0.1, 0.15) is 22.6 Å². The van der Waals surface area contributed by atoms with Gasteiger partial charge in [-0.2, -0.15) is 0 Å². The van der Waals surface area contributed by atoms with Crippen LogP contribution in [-0.4, -0.2) is 99.7 Å². The van der Waals surface area contributed by atoms with Crippen LogP contribution in [0.2, 0.25) is 0 Å². The molecule has 4 N–H and O–H groups in total. The summed E-state index contributed by atoms with van der Waals surface area (Å²) >= 11 is 0. The number of carbonyl (C=O) groups excluding carboxylic acids is 1. The Morgan fingerprint density at radius 1 is 0.957 bits per heavy atom. The van der Waals surface area contributed by atoms with Crippen LogP contribution in [0.15, 0.2) is 53.4 Å². The summed E-state index contributed by atoms with van der Waals surface area (Å²) in [4.78, 5) is 14.1. The van der Waals surface area contributed by atoms with E-state index in [2.05, 4.69) is 10.0 Å². The van der Waals surface area contributed by atoms with Crippen molar-refractivity contribution in [2.24, 2.45) is 17.8 Å². The second kappa shape index (κ2) is 11.1. The first-order chi connectivity index (χ1) is 22.3. The standard InChI is InChI=1S/C34H44N2O10S/c1-31(46-30(37)21-8-6-7-9-23(21)36-47(40,41)20-12-10-19(42-2)11-13-20)15-14-28(44-4)33-25(31)17-27(35-33)32(38)18-24(43-3)22-16-26(33)34(32,39)29(22)45-5/h6-13,22,24-29,35-36,38-39H,14-18H2,1-5H3/t22-,24+,25?,26?,27?,28+,29+,31?,32+,33?,34+/m1/s1. The molecule has 47 heavy (non-hydrogen) atoms. The lowest BCUT2D eigenvalue weighted by Crippen LogP contribution is -2.83. The van der Waals surface area contributed by atoms with Gasteiger partial charge in [0, 0.05) is 51.5 Å². The van der Waals surface area contributed by atoms with Crippen LogP contribution in [0.1, 0.15) is 49.4 Å². The van der Waals surface area contributed by atoms with Crippen LogP contribution in [-0.2, 0) is 29.0 Å². The number of hydrogen-bond acceptors (Lipinski definition) is 11. The Balaban J connectivity index is 1.22. The van der Waals surface area contributed by atoms with Crippen molar-refractivity contribution in [1.82, 2.24) is 5.32 Å². The molecule has 2 saturated heterocycles. The van der Waals surface area contributed by atoms with E-state index in [0.717, 1.165) is 0 Å². The lowest BCUT2D eigenvalue weighted by molar-refractivity contribution is -0.292. The van der Waals surface area contributed by atoms with Crippen molar-refractivity contribution < 1.29 is 47.1 Å². The van der Waals surface area contributed by atoms with Crippen molar-refractivity contribution in [1.29, 1.82) is 0 Å². The number of hydrogen-bond donors (Lipinski definition) is 4. The lowest BCUT2D eigenvalue weighted by Gasteiger charge is -2.63. The Labute approximate surface area is 275 Å². The van der Waals surface area contributed by atoms with E-state index >= 15 is 0 Å². The number of piperidine rings is 1. The zero-order valence-electron chi connectivity index (χ0n) is 27.3. The molecule has 3 saturated carbocycles. The highest BCUT2D eigenvalue weighted by atomic mass is 32.2. The molecule has 13 heteroatoms. The van der Waals surface area contributed by atoms with Crippen molar-refractivity contribution >= 4 is 21.7 Å². The number of anilines is 1. The van der Waals surface area contributed by atoms with Crippen LogP contribution in [0, 0.1) is 17.8 Å². The quantitative estimate of drug-likeness (QED) is 0.290. The number of methoxy groups -OCH3 is 4. The molecule has 1 spiro atoms. The minimum absolute atomic E-state index is 0.0129. The molecule has 5 aliphatic rings. The van der Waals surface area contributed by atoms with Crippen LogP contribution < -0.4 is 14.8 Å². The first-order valence-corrected chi connectivity index (χ1v) is 17.6. The highest BCUT2D eigenvalue weighted by molar-refractivity contribution is 7.92. The molecular formula is C34H44N2O10S. The SMILES string of the molecule is COc1ccc(S(=O)(=O)Nc2ccccc2C(=O)OC2(C)CC[C@H](OC)C34NC(CC23)[C@@]2(O)C[C@H](OC)[C@H]3CC4[C@]2(O)[C@H]3OC)cc1. The largest absolute Gasteiger partial charge is 0.497 e. The molecule has 12 nitrogen and oxygen atoms in total. The van der Waals surface area contributed by atoms with E-state index in [4.69, 9.17) is 23.7 Å². The fourth-order valence-electron chi connectivity index (χ4n) is 10.3. The molecule has 5 unspecified atom stereocenters. The van der Waals surface area contributed by atoms with Crippen LogP contribution >= 0.6 is 0 Å². The molecule has 2 aliphatic heterocycles. The highest BCUT2D eigenvalue weighted by Gasteiger charge is 2.84. The van der Waals surface area contributed by atoms with Crippen LogP contribution in [0.3, 0.4) is 0 Å². The maximum atomic E-state index is 14.1. The fourth-order valence-corrected chi connectivity index (χ4v) is 11.4. The number of benzene rings is 2. The third kappa shape index (κ3) is 4.40. The first kappa shape index (κ1) is 32.8. The van der Waals surface area contributed by atoms with E-state index in [0.29, 0.717) is 31.4 Å². The summed E-state index contributed by atoms with van der Waals surface area (Å²) in [5.74, 6) is -1.13. The topological polar surface area (TPSA) is 162 Å². The molecule has 2 heterocycles. The van der Waals surface area contributed by atoms with Gasteiger partial charge in [-0.05, 0) is 69.0 Å². The zero-order valence-corrected chi connectivity index (χ0v) is 28.1. The van der Waals surface area contributed by atoms with Gasteiger partial charge in [0.05, 0.1) is 47.1 Å². The van der Waals surface area contributed by atoms with Gasteiger partial charge in [-0.25, -0.2) is 13.2 Å². The number of nitrogens with one attached hydrogen (secondary N) is 2. The number of fused-ring (bicyclic) bond motifs is 3. The Kier molecular flexibility index (Phi) is 7.75. The molecule has 2 aromatic rings. The zero-order chi connectivity index (χ0) is 33.6. The number of para-hydroxylation sites is 1. The fraction of sp³-hybridized carbons (Fsp3) is 0.618. The molecule has 0 radical (unpaired) electrons. The van der Waals surface area contributed by atoms with Crippen molar-refractivity contribution in [2.75, 3.05) is 33.2 Å². The summed E-state index contributed by atoms with van der Waals surface area (Å²) in [6.45, 7) is 1.90. The van der Waals surface area contributed by atoms with Crippen molar-refractivity contribution in [3.8, 4) is 5.75 Å². The molecule has 5 fully saturated rings. The number of aliphatic hydroxyl groups is 2. The normalized spacial score (nSPS) is 41.6. The van der Waals surface area contributed by atoms with Gasteiger partial charge in [-0.15, -0.1) is 0 Å². The van der Waals surface area contributed by atoms with E-state index in [1.165, 1.54) is 31.4 Å². The van der Waals surface area contributed by atoms with Gasteiger partial charge in [-0.1, -0.05) is 12.1 Å². The van der Waals surface area contributed by atoms with Gasteiger partial charge in [0.25, 0.3) is 10.0 Å². The Hall–Kier alpha value is -2.78. The summed E-state index contributed by atoms with van der Waals surface area (Å²) in [6.07, 6.45) is 0.936. The van der Waals surface area contributed by atoms with Gasteiger partial charge >= 0.3 is 5.97 Å². The second-order valence-electron chi connectivity index (χ2n) is 14.0. The maximum Gasteiger partial charge on any atom is 0.340 e. The summed E-state index contributed by atoms with van der Waals surface area (Å²) in [5, 5.41) is 28.9. The van der Waals surface area contributed by atoms with Gasteiger partial charge in [0.2, 0.25) is 0 Å². The summed E-state index contributed by atoms with van der Waals surface area (Å²) in [5.41, 5.74) is -4.84. The number of rotatable bonds is 9. The third-order valence-corrected chi connectivity index (χ3v) is 13.7. The Morgan fingerprint density at radius 2 is 1.68 bits per heavy atom. The molecule has 4 bridgehead atoms. The summed E-state index contributed by atoms with van der Waals surface area (Å²) in [7, 11) is 2.31. The predicted molar refractivity (Wildman–Crippen MR) is 170 cm³/mol. The van der Waals surface area contributed by atoms with Gasteiger partial charge in [0.15, 0.2) is 0 Å². The number of sulfonamides is 1. The molecule has 0 aromatic heterocycles. The summed E-state index contributed by atoms with van der Waals surface area (Å²) in [6, 6.07) is 11.8. The smallest absolute Gasteiger partial charge is 0.340 e. The van der Waals surface area contributed by atoms with Crippen molar-refractivity contribution in [2.45, 2.75) is 90.6 Å². The van der Waals surface area contributed by atoms with Crippen molar-refractivity contribution in [3.05, 3.63) is 54.1 Å². The van der Waals surface area contributed by atoms with E-state index in [1.54, 1.807) is 45.6 Å². The maximum absolute atomic E-state index is 14.1. The minimum atomic E-state index is -4.04. The molecule has 3 aliphatic carbocycles. The van der Waals surface area contributed by atoms with Gasteiger partial charge in [-0.3, -0.25) is 4.72 Å². The molecule has 2 aromatic carbocycles. The molecular weight excluding hydrogens is 628 g/mol. The molecule has 256 valence electrons. The highest BCUT2D eigenvalue weighted by Crippen LogP contribution is 2.69. The minimum Gasteiger partial charge on any atom is -0.497 e. The number of ether oxygens (including phenoxy) is 5.